The number of nitrogens with zero attached hydrogens (tertiary/aromatic N) is 3. The van der Waals surface area contributed by atoms with Crippen molar-refractivity contribution < 1.29 is 13.9 Å². The van der Waals surface area contributed by atoms with E-state index in [1.165, 1.54) is 31.0 Å². The first-order valence-corrected chi connectivity index (χ1v) is 9.82. The first-order chi connectivity index (χ1) is 14.1. The number of halogens is 1. The van der Waals surface area contributed by atoms with E-state index in [0.29, 0.717) is 23.8 Å². The van der Waals surface area contributed by atoms with Crippen molar-refractivity contribution in [2.45, 2.75) is 11.8 Å². The molecular formula is C20H18FN5O2S. The van der Waals surface area contributed by atoms with Crippen LogP contribution in [0.2, 0.25) is 0 Å². The number of allylic oxidation sites excluding steroid dienone is 4. The largest absolute Gasteiger partial charge is 0.477 e. The summed E-state index contributed by atoms with van der Waals surface area (Å²) in [6.07, 6.45) is 5.56. The van der Waals surface area contributed by atoms with Gasteiger partial charge in [-0.3, -0.25) is 4.79 Å². The lowest BCUT2D eigenvalue weighted by Gasteiger charge is -2.22. The molecule has 1 aliphatic heterocycles. The molecule has 148 valence electrons. The normalized spacial score (nSPS) is 19.9. The number of aromatic nitrogens is 3. The summed E-state index contributed by atoms with van der Waals surface area (Å²) in [4.78, 5) is 16.3. The number of hydrogen-bond acceptors (Lipinski definition) is 7. The Morgan fingerprint density at radius 2 is 2.24 bits per heavy atom. The van der Waals surface area contributed by atoms with Crippen LogP contribution in [0.25, 0.3) is 5.57 Å². The van der Waals surface area contributed by atoms with E-state index in [-0.39, 0.29) is 22.9 Å². The van der Waals surface area contributed by atoms with E-state index in [1.807, 2.05) is 23.6 Å². The van der Waals surface area contributed by atoms with Crippen LogP contribution in [0.5, 0.6) is 5.88 Å². The number of nitrogens with one attached hydrogen (secondary N) is 1. The van der Waals surface area contributed by atoms with E-state index in [0.717, 1.165) is 11.1 Å². The van der Waals surface area contributed by atoms with Gasteiger partial charge in [-0.15, -0.1) is 22.0 Å². The van der Waals surface area contributed by atoms with Crippen LogP contribution < -0.4 is 15.8 Å². The molecular weight excluding hydrogens is 393 g/mol. The molecule has 1 aliphatic carbocycles. The molecule has 2 aliphatic rings. The molecule has 0 radical (unpaired) electrons. The van der Waals surface area contributed by atoms with Crippen molar-refractivity contribution in [1.29, 1.82) is 0 Å². The standard InChI is InChI=1S/C20H18FN5O2S/c1-28-20-19(23-9-11-4-2-5-12(21)8-11)24-18(25-26-20)15-10-29-16-13(15)6-3-7-14(16)17(22)27/h2-8,10,13,16H,9H2,1H3,(H2,22,27)(H,23,24,25). The van der Waals surface area contributed by atoms with Gasteiger partial charge in [0.25, 0.3) is 5.88 Å². The Balaban J connectivity index is 1.58. The molecule has 0 saturated carbocycles. The lowest BCUT2D eigenvalue weighted by molar-refractivity contribution is -0.114. The van der Waals surface area contributed by atoms with Gasteiger partial charge in [-0.05, 0) is 23.1 Å². The summed E-state index contributed by atoms with van der Waals surface area (Å²) in [5.74, 6) is 0.269. The zero-order valence-electron chi connectivity index (χ0n) is 15.5. The maximum absolute atomic E-state index is 13.4. The third-order valence-electron chi connectivity index (χ3n) is 4.67. The zero-order chi connectivity index (χ0) is 20.4. The number of primary amides is 1. The number of benzene rings is 1. The number of ether oxygens (including phenoxy) is 1. The SMILES string of the molecule is COc1nnc(C2=CSC3C(C(N)=O)=CC=CC23)nc1NCc1cccc(F)c1. The fourth-order valence-electron chi connectivity index (χ4n) is 3.27. The van der Waals surface area contributed by atoms with Crippen molar-refractivity contribution in [3.8, 4) is 5.88 Å². The van der Waals surface area contributed by atoms with Crippen LogP contribution >= 0.6 is 11.8 Å². The van der Waals surface area contributed by atoms with Crippen LogP contribution in [0.4, 0.5) is 10.2 Å². The van der Waals surface area contributed by atoms with Crippen LogP contribution in [-0.2, 0) is 11.3 Å². The van der Waals surface area contributed by atoms with Crippen molar-refractivity contribution in [3.63, 3.8) is 0 Å². The lowest BCUT2D eigenvalue weighted by atomic mass is 9.88. The number of methoxy groups -OCH3 is 1. The summed E-state index contributed by atoms with van der Waals surface area (Å²) in [7, 11) is 1.48. The molecule has 2 atom stereocenters. The summed E-state index contributed by atoms with van der Waals surface area (Å²) in [6.45, 7) is 0.348. The number of nitrogens with two attached hydrogens (primary N) is 1. The van der Waals surface area contributed by atoms with Gasteiger partial charge >= 0.3 is 0 Å². The predicted molar refractivity (Wildman–Crippen MR) is 109 cm³/mol. The van der Waals surface area contributed by atoms with E-state index >= 15 is 0 Å². The number of rotatable bonds is 6. The number of thioether (sulfide) groups is 1. The molecule has 9 heteroatoms. The van der Waals surface area contributed by atoms with Gasteiger partial charge in [0.05, 0.1) is 7.11 Å². The van der Waals surface area contributed by atoms with Crippen LogP contribution in [0, 0.1) is 11.7 Å². The molecule has 0 bridgehead atoms. The zero-order valence-corrected chi connectivity index (χ0v) is 16.3. The molecule has 1 amide bonds. The number of fused-ring (bicyclic) bond motifs is 1. The average Bonchev–Trinajstić information content (AvgIpc) is 3.16. The number of hydrogen-bond donors (Lipinski definition) is 2. The minimum atomic E-state index is -0.433. The number of amides is 1. The first kappa shape index (κ1) is 19.1. The van der Waals surface area contributed by atoms with Crippen LogP contribution in [-0.4, -0.2) is 33.4 Å². The fraction of sp³-hybridized carbons (Fsp3) is 0.200. The van der Waals surface area contributed by atoms with Crippen molar-refractivity contribution in [2.75, 3.05) is 12.4 Å². The number of carbonyl (C=O) groups is 1. The second kappa shape index (κ2) is 8.04. The summed E-state index contributed by atoms with van der Waals surface area (Å²) in [5.41, 5.74) is 7.68. The van der Waals surface area contributed by atoms with E-state index in [9.17, 15) is 9.18 Å². The molecule has 1 aromatic heterocycles. The Morgan fingerprint density at radius 3 is 3.00 bits per heavy atom. The fourth-order valence-corrected chi connectivity index (χ4v) is 4.57. The predicted octanol–water partition coefficient (Wildman–Crippen LogP) is 2.69. The molecule has 2 heterocycles. The highest BCUT2D eigenvalue weighted by atomic mass is 32.2. The molecule has 7 nitrogen and oxygen atoms in total. The maximum Gasteiger partial charge on any atom is 0.276 e. The average molecular weight is 411 g/mol. The highest BCUT2D eigenvalue weighted by Gasteiger charge is 2.37. The third-order valence-corrected chi connectivity index (χ3v) is 5.90. The highest BCUT2D eigenvalue weighted by molar-refractivity contribution is 8.03. The number of carbonyl (C=O) groups excluding carboxylic acids is 1. The second-order valence-electron chi connectivity index (χ2n) is 6.50. The number of anilines is 1. The monoisotopic (exact) mass is 411 g/mol. The van der Waals surface area contributed by atoms with E-state index in [2.05, 4.69) is 20.5 Å². The minimum absolute atomic E-state index is 0.0706. The summed E-state index contributed by atoms with van der Waals surface area (Å²) < 4.78 is 18.7. The third kappa shape index (κ3) is 3.86. The molecule has 0 saturated heterocycles. The Labute approximate surface area is 171 Å². The Bertz CT molecular complexity index is 1050. The van der Waals surface area contributed by atoms with Crippen molar-refractivity contribution in [3.05, 3.63) is 70.7 Å². The topological polar surface area (TPSA) is 103 Å². The molecule has 0 spiro atoms. The first-order valence-electron chi connectivity index (χ1n) is 8.88. The summed E-state index contributed by atoms with van der Waals surface area (Å²) >= 11 is 1.51. The van der Waals surface area contributed by atoms with Crippen molar-refractivity contribution in [1.82, 2.24) is 15.2 Å². The van der Waals surface area contributed by atoms with Crippen LogP contribution in [0.1, 0.15) is 11.4 Å². The van der Waals surface area contributed by atoms with E-state index < -0.39 is 5.91 Å². The van der Waals surface area contributed by atoms with E-state index in [1.54, 1.807) is 12.1 Å². The molecule has 1 aromatic carbocycles. The van der Waals surface area contributed by atoms with Gasteiger partial charge in [0.15, 0.2) is 11.6 Å². The van der Waals surface area contributed by atoms with Gasteiger partial charge in [0, 0.05) is 28.9 Å². The van der Waals surface area contributed by atoms with E-state index in [4.69, 9.17) is 10.5 Å². The maximum atomic E-state index is 13.4. The van der Waals surface area contributed by atoms with Crippen LogP contribution in [0.3, 0.4) is 0 Å². The second-order valence-corrected chi connectivity index (χ2v) is 7.52. The van der Waals surface area contributed by atoms with Crippen molar-refractivity contribution in [2.24, 2.45) is 11.7 Å². The van der Waals surface area contributed by atoms with Gasteiger partial charge in [-0.1, -0.05) is 30.4 Å². The molecule has 2 unspecified atom stereocenters. The summed E-state index contributed by atoms with van der Waals surface area (Å²) in [6, 6.07) is 6.29. The Morgan fingerprint density at radius 1 is 1.38 bits per heavy atom. The van der Waals surface area contributed by atoms with Gasteiger partial charge in [0.1, 0.15) is 5.82 Å². The molecule has 29 heavy (non-hydrogen) atoms. The Kier molecular flexibility index (Phi) is 5.30. The van der Waals surface area contributed by atoms with Crippen LogP contribution in [0.15, 0.2) is 53.5 Å². The van der Waals surface area contributed by atoms with Gasteiger partial charge in [-0.25, -0.2) is 9.37 Å². The smallest absolute Gasteiger partial charge is 0.276 e. The Hall–Kier alpha value is -3.20. The molecule has 0 fully saturated rings. The molecule has 3 N–H and O–H groups in total. The minimum Gasteiger partial charge on any atom is -0.477 e. The summed E-state index contributed by atoms with van der Waals surface area (Å²) in [5, 5.41) is 13.3. The van der Waals surface area contributed by atoms with Gasteiger partial charge < -0.3 is 15.8 Å². The van der Waals surface area contributed by atoms with Gasteiger partial charge in [-0.2, -0.15) is 0 Å². The quantitative estimate of drug-likeness (QED) is 0.753. The lowest BCUT2D eigenvalue weighted by Crippen LogP contribution is -2.27. The highest BCUT2D eigenvalue weighted by Crippen LogP contribution is 2.46. The molecule has 4 rings (SSSR count). The van der Waals surface area contributed by atoms with Gasteiger partial charge in [0.2, 0.25) is 5.91 Å². The molecule has 2 aromatic rings. The van der Waals surface area contributed by atoms with Crippen molar-refractivity contribution >= 4 is 29.1 Å².